The van der Waals surface area contributed by atoms with Crippen molar-refractivity contribution in [3.05, 3.63) is 5.08 Å². The summed E-state index contributed by atoms with van der Waals surface area (Å²) in [6.45, 7) is 1.85. The van der Waals surface area contributed by atoms with Crippen molar-refractivity contribution in [3.63, 3.8) is 0 Å². The fourth-order valence-electron chi connectivity index (χ4n) is 0.967. The molecule has 0 spiro atoms. The molecular formula is C5H10N3+. The third-order valence-electron chi connectivity index (χ3n) is 1.46. The first-order valence-corrected chi connectivity index (χ1v) is 3.03. The van der Waals surface area contributed by atoms with E-state index in [-0.39, 0.29) is 0 Å². The van der Waals surface area contributed by atoms with Gasteiger partial charge in [-0.15, -0.1) is 0 Å². The zero-order chi connectivity index (χ0) is 5.82. The van der Waals surface area contributed by atoms with Crippen LogP contribution in [0.4, 0.5) is 0 Å². The summed E-state index contributed by atoms with van der Waals surface area (Å²) >= 11 is 0. The standard InChI is InChI=1S/C5H10N3/c6-7-8-4-2-1-3-5-8/h1-5H2/q+1. The monoisotopic (exact) mass is 112 g/mol. The SMILES string of the molecule is N#[N+]N1CCCCC1. The molecule has 44 valence electrons. The minimum Gasteiger partial charge on any atom is -0.0494 e. The van der Waals surface area contributed by atoms with Crippen LogP contribution < -0.4 is 0 Å². The van der Waals surface area contributed by atoms with Gasteiger partial charge < -0.3 is 0 Å². The van der Waals surface area contributed by atoms with E-state index in [4.69, 9.17) is 5.39 Å². The molecule has 1 saturated heterocycles. The maximum absolute atomic E-state index is 8.24. The molecular weight excluding hydrogens is 102 g/mol. The van der Waals surface area contributed by atoms with Crippen molar-refractivity contribution < 1.29 is 0 Å². The van der Waals surface area contributed by atoms with Crippen LogP contribution in [0.1, 0.15) is 19.3 Å². The highest BCUT2D eigenvalue weighted by Gasteiger charge is 2.15. The van der Waals surface area contributed by atoms with Gasteiger partial charge in [0.05, 0.1) is 13.1 Å². The average molecular weight is 112 g/mol. The molecule has 0 bridgehead atoms. The third-order valence-corrected chi connectivity index (χ3v) is 1.46. The Morgan fingerprint density at radius 2 is 1.75 bits per heavy atom. The van der Waals surface area contributed by atoms with E-state index in [1.54, 1.807) is 5.01 Å². The van der Waals surface area contributed by atoms with Gasteiger partial charge in [-0.05, 0) is 24.3 Å². The Morgan fingerprint density at radius 1 is 1.12 bits per heavy atom. The van der Waals surface area contributed by atoms with Crippen LogP contribution in [-0.2, 0) is 0 Å². The van der Waals surface area contributed by atoms with E-state index in [1.165, 1.54) is 19.3 Å². The molecule has 0 aromatic rings. The summed E-state index contributed by atoms with van der Waals surface area (Å²) in [5.74, 6) is 0. The Kier molecular flexibility index (Phi) is 1.68. The Labute approximate surface area is 48.9 Å². The lowest BCUT2D eigenvalue weighted by atomic mass is 10.2. The van der Waals surface area contributed by atoms with E-state index >= 15 is 0 Å². The topological polar surface area (TPSA) is 31.4 Å². The second kappa shape index (κ2) is 2.51. The Balaban J connectivity index is 2.25. The lowest BCUT2D eigenvalue weighted by Gasteiger charge is -2.08. The molecule has 1 heterocycles. The molecule has 0 radical (unpaired) electrons. The summed E-state index contributed by atoms with van der Waals surface area (Å²) in [5, 5.41) is 13.0. The average Bonchev–Trinajstić information content (AvgIpc) is 1.90. The number of nitrogens with zero attached hydrogens (tertiary/aromatic N) is 3. The van der Waals surface area contributed by atoms with Gasteiger partial charge >= 0.3 is 5.08 Å². The van der Waals surface area contributed by atoms with Crippen LogP contribution in [0.5, 0.6) is 0 Å². The van der Waals surface area contributed by atoms with Crippen molar-refractivity contribution in [1.82, 2.24) is 5.01 Å². The van der Waals surface area contributed by atoms with Gasteiger partial charge in [0.25, 0.3) is 5.39 Å². The van der Waals surface area contributed by atoms with Crippen molar-refractivity contribution in [2.75, 3.05) is 13.1 Å². The summed E-state index contributed by atoms with van der Waals surface area (Å²) in [6, 6.07) is 0. The predicted octanol–water partition coefficient (Wildman–Crippen LogP) is 1.24. The summed E-state index contributed by atoms with van der Waals surface area (Å²) in [6.07, 6.45) is 3.63. The first-order chi connectivity index (χ1) is 3.93. The second-order valence-corrected chi connectivity index (χ2v) is 2.10. The molecule has 0 N–H and O–H groups in total. The van der Waals surface area contributed by atoms with Gasteiger partial charge in [-0.3, -0.25) is 0 Å². The number of rotatable bonds is 0. The van der Waals surface area contributed by atoms with E-state index < -0.39 is 0 Å². The maximum atomic E-state index is 8.24. The van der Waals surface area contributed by atoms with Crippen molar-refractivity contribution in [1.29, 1.82) is 5.39 Å². The molecule has 8 heavy (non-hydrogen) atoms. The van der Waals surface area contributed by atoms with Crippen LogP contribution in [-0.4, -0.2) is 18.1 Å². The summed E-state index contributed by atoms with van der Waals surface area (Å²) in [7, 11) is 0. The highest BCUT2D eigenvalue weighted by Crippen LogP contribution is 2.07. The number of piperidine rings is 1. The van der Waals surface area contributed by atoms with E-state index in [0.717, 1.165) is 13.1 Å². The van der Waals surface area contributed by atoms with Gasteiger partial charge in [0, 0.05) is 0 Å². The highest BCUT2D eigenvalue weighted by atomic mass is 15.5. The molecule has 3 nitrogen and oxygen atoms in total. The number of diazo groups is 1. The van der Waals surface area contributed by atoms with E-state index in [1.807, 2.05) is 0 Å². The molecule has 1 aliphatic rings. The Bertz CT molecular complexity index is 98.7. The molecule has 0 aliphatic carbocycles. The minimum absolute atomic E-state index is 0.927. The lowest BCUT2D eigenvalue weighted by Crippen LogP contribution is -2.22. The first-order valence-electron chi connectivity index (χ1n) is 3.03. The van der Waals surface area contributed by atoms with Gasteiger partial charge in [-0.2, -0.15) is 0 Å². The summed E-state index contributed by atoms with van der Waals surface area (Å²) < 4.78 is 0. The zero-order valence-corrected chi connectivity index (χ0v) is 4.88. The van der Waals surface area contributed by atoms with Crippen molar-refractivity contribution in [3.8, 4) is 0 Å². The van der Waals surface area contributed by atoms with Gasteiger partial charge in [-0.25, -0.2) is 0 Å². The van der Waals surface area contributed by atoms with Crippen LogP contribution in [0.25, 0.3) is 5.08 Å². The molecule has 1 rings (SSSR count). The van der Waals surface area contributed by atoms with Gasteiger partial charge in [-0.1, -0.05) is 0 Å². The molecule has 0 amide bonds. The fourth-order valence-corrected chi connectivity index (χ4v) is 0.967. The van der Waals surface area contributed by atoms with Crippen LogP contribution in [0.2, 0.25) is 0 Å². The number of hydrogen-bond donors (Lipinski definition) is 0. The predicted molar refractivity (Wildman–Crippen MR) is 30.5 cm³/mol. The largest absolute Gasteiger partial charge is 0.305 e. The normalized spacial score (nSPS) is 20.1. The number of hydrogen-bond acceptors (Lipinski definition) is 2. The first kappa shape index (κ1) is 5.36. The maximum Gasteiger partial charge on any atom is 0.305 e. The van der Waals surface area contributed by atoms with E-state index in [0.29, 0.717) is 0 Å². The quantitative estimate of drug-likeness (QED) is 0.441. The van der Waals surface area contributed by atoms with Crippen molar-refractivity contribution in [2.45, 2.75) is 19.3 Å². The summed E-state index contributed by atoms with van der Waals surface area (Å²) in [4.78, 5) is 0. The lowest BCUT2D eigenvalue weighted by molar-refractivity contribution is 0.299. The Morgan fingerprint density at radius 3 is 2.12 bits per heavy atom. The molecule has 3 heteroatoms. The molecule has 0 aromatic heterocycles. The van der Waals surface area contributed by atoms with E-state index in [9.17, 15) is 0 Å². The zero-order valence-electron chi connectivity index (χ0n) is 4.88. The van der Waals surface area contributed by atoms with Crippen molar-refractivity contribution >= 4 is 0 Å². The molecule has 0 unspecified atom stereocenters. The van der Waals surface area contributed by atoms with Gasteiger partial charge in [0.1, 0.15) is 0 Å². The molecule has 0 saturated carbocycles. The van der Waals surface area contributed by atoms with Crippen LogP contribution in [0.3, 0.4) is 0 Å². The van der Waals surface area contributed by atoms with Gasteiger partial charge in [0.15, 0.2) is 0 Å². The van der Waals surface area contributed by atoms with Gasteiger partial charge in [0.2, 0.25) is 0 Å². The molecule has 1 fully saturated rings. The van der Waals surface area contributed by atoms with Crippen LogP contribution >= 0.6 is 0 Å². The molecule has 0 aromatic carbocycles. The van der Waals surface area contributed by atoms with Crippen molar-refractivity contribution in [2.24, 2.45) is 0 Å². The molecule has 0 atom stereocenters. The Hall–Kier alpha value is -0.780. The third kappa shape index (κ3) is 1.09. The van der Waals surface area contributed by atoms with Crippen LogP contribution in [0.15, 0.2) is 0 Å². The second-order valence-electron chi connectivity index (χ2n) is 2.10. The van der Waals surface area contributed by atoms with Crippen LogP contribution in [0, 0.1) is 5.39 Å². The summed E-state index contributed by atoms with van der Waals surface area (Å²) in [5.41, 5.74) is 0. The van der Waals surface area contributed by atoms with E-state index in [2.05, 4.69) is 5.08 Å². The highest BCUT2D eigenvalue weighted by molar-refractivity contribution is 4.64. The smallest absolute Gasteiger partial charge is 0.0494 e. The molecule has 1 aliphatic heterocycles. The fraction of sp³-hybridized carbons (Fsp3) is 1.00. The minimum atomic E-state index is 0.927.